The Hall–Kier alpha value is -1.92. The summed E-state index contributed by atoms with van der Waals surface area (Å²) in [5.74, 6) is 0.205. The maximum Gasteiger partial charge on any atom is 0.236 e. The molecule has 0 unspecified atom stereocenters. The van der Waals surface area contributed by atoms with E-state index in [0.717, 1.165) is 31.4 Å². The summed E-state index contributed by atoms with van der Waals surface area (Å²) >= 11 is 0. The summed E-state index contributed by atoms with van der Waals surface area (Å²) in [5.41, 5.74) is 0.927. The smallest absolute Gasteiger partial charge is 0.236 e. The number of piperidine rings is 1. The summed E-state index contributed by atoms with van der Waals surface area (Å²) < 4.78 is 5.05. The van der Waals surface area contributed by atoms with Crippen molar-refractivity contribution in [3.8, 4) is 0 Å². The van der Waals surface area contributed by atoms with Crippen molar-refractivity contribution in [3.63, 3.8) is 0 Å². The van der Waals surface area contributed by atoms with Gasteiger partial charge in [-0.3, -0.25) is 14.5 Å². The second kappa shape index (κ2) is 8.18. The molecule has 2 aliphatic rings. The minimum absolute atomic E-state index is 0.0707. The molecule has 1 atom stereocenters. The second-order valence-electron chi connectivity index (χ2n) is 7.55. The summed E-state index contributed by atoms with van der Waals surface area (Å²) in [6.45, 7) is 3.20. The molecular weight excluding hydrogens is 330 g/mol. The zero-order valence-electron chi connectivity index (χ0n) is 15.7. The lowest BCUT2D eigenvalue weighted by Gasteiger charge is -2.39. The fraction of sp³-hybridized carbons (Fsp3) is 0.600. The first-order valence-electron chi connectivity index (χ1n) is 9.35. The lowest BCUT2D eigenvalue weighted by molar-refractivity contribution is -0.133. The SMILES string of the molecule is COCCN(C)CC(=O)N1CCC2(CC1)C[C@H](c1ccccc1)C(=O)N2. The van der Waals surface area contributed by atoms with Crippen molar-refractivity contribution in [1.82, 2.24) is 15.1 Å². The molecule has 2 aliphatic heterocycles. The van der Waals surface area contributed by atoms with Crippen LogP contribution >= 0.6 is 0 Å². The number of carbonyl (C=O) groups is 2. The van der Waals surface area contributed by atoms with Gasteiger partial charge >= 0.3 is 0 Å². The van der Waals surface area contributed by atoms with Gasteiger partial charge < -0.3 is 15.0 Å². The predicted octanol–water partition coefficient (Wildman–Crippen LogP) is 1.23. The Morgan fingerprint density at radius 2 is 2.00 bits per heavy atom. The second-order valence-corrected chi connectivity index (χ2v) is 7.55. The fourth-order valence-electron chi connectivity index (χ4n) is 4.01. The van der Waals surface area contributed by atoms with Gasteiger partial charge in [0.05, 0.1) is 19.1 Å². The van der Waals surface area contributed by atoms with Gasteiger partial charge in [0, 0.05) is 32.3 Å². The maximum atomic E-state index is 12.5. The lowest BCUT2D eigenvalue weighted by Crippen LogP contribution is -2.53. The van der Waals surface area contributed by atoms with E-state index in [2.05, 4.69) is 5.32 Å². The van der Waals surface area contributed by atoms with Gasteiger partial charge in [-0.05, 0) is 31.9 Å². The van der Waals surface area contributed by atoms with E-state index in [9.17, 15) is 9.59 Å². The number of hydrogen-bond donors (Lipinski definition) is 1. The van der Waals surface area contributed by atoms with Crippen molar-refractivity contribution in [1.29, 1.82) is 0 Å². The molecule has 1 spiro atoms. The molecule has 0 bridgehead atoms. The monoisotopic (exact) mass is 359 g/mol. The van der Waals surface area contributed by atoms with E-state index in [-0.39, 0.29) is 23.3 Å². The van der Waals surface area contributed by atoms with Gasteiger partial charge in [-0.25, -0.2) is 0 Å². The number of rotatable bonds is 6. The first-order valence-corrected chi connectivity index (χ1v) is 9.35. The van der Waals surface area contributed by atoms with E-state index in [1.807, 2.05) is 47.2 Å². The lowest BCUT2D eigenvalue weighted by atomic mass is 9.82. The number of carbonyl (C=O) groups excluding carboxylic acids is 2. The molecule has 3 rings (SSSR count). The van der Waals surface area contributed by atoms with Crippen LogP contribution in [0, 0.1) is 0 Å². The van der Waals surface area contributed by atoms with E-state index in [1.165, 1.54) is 0 Å². The van der Waals surface area contributed by atoms with Crippen LogP contribution < -0.4 is 5.32 Å². The van der Waals surface area contributed by atoms with E-state index in [0.29, 0.717) is 26.2 Å². The van der Waals surface area contributed by atoms with Crippen molar-refractivity contribution < 1.29 is 14.3 Å². The van der Waals surface area contributed by atoms with Crippen LogP contribution in [-0.2, 0) is 14.3 Å². The number of likely N-dealkylation sites (N-methyl/N-ethyl adjacent to an activating group) is 1. The average molecular weight is 359 g/mol. The first kappa shape index (κ1) is 18.9. The maximum absolute atomic E-state index is 12.5. The molecule has 2 saturated heterocycles. The third-order valence-electron chi connectivity index (χ3n) is 5.66. The molecule has 0 aromatic heterocycles. The molecule has 2 heterocycles. The van der Waals surface area contributed by atoms with Crippen molar-refractivity contribution in [3.05, 3.63) is 35.9 Å². The van der Waals surface area contributed by atoms with E-state index in [1.54, 1.807) is 7.11 Å². The van der Waals surface area contributed by atoms with Gasteiger partial charge in [0.2, 0.25) is 11.8 Å². The number of ether oxygens (including phenoxy) is 1. The Bertz CT molecular complexity index is 626. The Labute approximate surface area is 155 Å². The highest BCUT2D eigenvalue weighted by molar-refractivity contribution is 5.87. The van der Waals surface area contributed by atoms with Gasteiger partial charge in [-0.15, -0.1) is 0 Å². The van der Waals surface area contributed by atoms with Crippen molar-refractivity contribution in [2.75, 3.05) is 46.9 Å². The van der Waals surface area contributed by atoms with E-state index >= 15 is 0 Å². The number of benzene rings is 1. The molecular formula is C20H29N3O3. The Morgan fingerprint density at radius 1 is 1.31 bits per heavy atom. The minimum atomic E-state index is -0.156. The molecule has 6 nitrogen and oxygen atoms in total. The molecule has 2 fully saturated rings. The molecule has 0 saturated carbocycles. The summed E-state index contributed by atoms with van der Waals surface area (Å²) in [5, 5.41) is 3.24. The number of likely N-dealkylation sites (tertiary alicyclic amines) is 1. The van der Waals surface area contributed by atoms with Crippen LogP contribution in [0.2, 0.25) is 0 Å². The first-order chi connectivity index (χ1) is 12.5. The highest BCUT2D eigenvalue weighted by Crippen LogP contribution is 2.39. The topological polar surface area (TPSA) is 61.9 Å². The summed E-state index contributed by atoms with van der Waals surface area (Å²) in [6, 6.07) is 9.99. The van der Waals surface area contributed by atoms with E-state index < -0.39 is 0 Å². The average Bonchev–Trinajstić information content (AvgIpc) is 2.97. The van der Waals surface area contributed by atoms with Crippen molar-refractivity contribution in [2.24, 2.45) is 0 Å². The van der Waals surface area contributed by atoms with E-state index in [4.69, 9.17) is 4.74 Å². The number of nitrogens with one attached hydrogen (secondary N) is 1. The fourth-order valence-corrected chi connectivity index (χ4v) is 4.01. The Kier molecular flexibility index (Phi) is 5.94. The zero-order chi connectivity index (χ0) is 18.6. The molecule has 6 heteroatoms. The molecule has 0 radical (unpaired) electrons. The quantitative estimate of drug-likeness (QED) is 0.830. The third-order valence-corrected chi connectivity index (χ3v) is 5.66. The molecule has 1 aromatic carbocycles. The Morgan fingerprint density at radius 3 is 2.65 bits per heavy atom. The molecule has 142 valence electrons. The molecule has 1 N–H and O–H groups in total. The number of nitrogens with zero attached hydrogens (tertiary/aromatic N) is 2. The molecule has 0 aliphatic carbocycles. The van der Waals surface area contributed by atoms with Gasteiger partial charge in [0.25, 0.3) is 0 Å². The highest BCUT2D eigenvalue weighted by Gasteiger charge is 2.46. The van der Waals surface area contributed by atoms with Crippen LogP contribution in [0.3, 0.4) is 0 Å². The van der Waals surface area contributed by atoms with Crippen LogP contribution in [0.5, 0.6) is 0 Å². The number of amides is 2. The van der Waals surface area contributed by atoms with Gasteiger partial charge in [0.15, 0.2) is 0 Å². The minimum Gasteiger partial charge on any atom is -0.383 e. The number of hydrogen-bond acceptors (Lipinski definition) is 4. The molecule has 1 aromatic rings. The third kappa shape index (κ3) is 4.24. The number of methoxy groups -OCH3 is 1. The molecule has 2 amide bonds. The summed E-state index contributed by atoms with van der Waals surface area (Å²) in [6.07, 6.45) is 2.48. The zero-order valence-corrected chi connectivity index (χ0v) is 15.7. The Balaban J connectivity index is 1.53. The van der Waals surface area contributed by atoms with Gasteiger partial charge in [-0.2, -0.15) is 0 Å². The van der Waals surface area contributed by atoms with Crippen molar-refractivity contribution in [2.45, 2.75) is 30.7 Å². The van der Waals surface area contributed by atoms with Gasteiger partial charge in [0.1, 0.15) is 0 Å². The highest BCUT2D eigenvalue weighted by atomic mass is 16.5. The van der Waals surface area contributed by atoms with Crippen LogP contribution in [0.1, 0.15) is 30.7 Å². The van der Waals surface area contributed by atoms with Crippen LogP contribution in [0.25, 0.3) is 0 Å². The largest absolute Gasteiger partial charge is 0.383 e. The van der Waals surface area contributed by atoms with Crippen LogP contribution in [0.15, 0.2) is 30.3 Å². The summed E-state index contributed by atoms with van der Waals surface area (Å²) in [7, 11) is 3.60. The standard InChI is InChI=1S/C20H29N3O3/c1-22(12-13-26-2)15-18(24)23-10-8-20(9-11-23)14-17(19(25)21-20)16-6-4-3-5-7-16/h3-7,17H,8-15H2,1-2H3,(H,21,25)/t17-/m1/s1. The summed E-state index contributed by atoms with van der Waals surface area (Å²) in [4.78, 5) is 28.9. The van der Waals surface area contributed by atoms with Crippen LogP contribution in [-0.4, -0.2) is 74.1 Å². The van der Waals surface area contributed by atoms with Gasteiger partial charge in [-0.1, -0.05) is 30.3 Å². The normalized spacial score (nSPS) is 22.0. The molecule has 26 heavy (non-hydrogen) atoms. The van der Waals surface area contributed by atoms with Crippen molar-refractivity contribution >= 4 is 11.8 Å². The predicted molar refractivity (Wildman–Crippen MR) is 99.9 cm³/mol. The van der Waals surface area contributed by atoms with Crippen LogP contribution in [0.4, 0.5) is 0 Å².